The van der Waals surface area contributed by atoms with Gasteiger partial charge in [-0.2, -0.15) is 0 Å². The maximum atomic E-state index is 12.7. The quantitative estimate of drug-likeness (QED) is 0.231. The Morgan fingerprint density at radius 1 is 0.912 bits per heavy atom. The Labute approximate surface area is 196 Å². The van der Waals surface area contributed by atoms with Crippen LogP contribution in [0.3, 0.4) is 0 Å². The van der Waals surface area contributed by atoms with Crippen LogP contribution in [0.25, 0.3) is 0 Å². The molecule has 0 unspecified atom stereocenters. The first kappa shape index (κ1) is 24.0. The first-order chi connectivity index (χ1) is 16.3. The number of amides is 2. The summed E-state index contributed by atoms with van der Waals surface area (Å²) in [6.07, 6.45) is -0.224. The Morgan fingerprint density at radius 3 is 2.24 bits per heavy atom. The largest absolute Gasteiger partial charge is 0.488 e. The molecule has 174 valence electrons. The molecule has 3 aromatic rings. The number of amidine groups is 1. The lowest BCUT2D eigenvalue weighted by Crippen LogP contribution is -2.26. The number of carbonyl (C=O) groups excluding carboxylic acids is 2. The van der Waals surface area contributed by atoms with E-state index < -0.39 is 17.8 Å². The molecule has 9 heteroatoms. The highest BCUT2D eigenvalue weighted by atomic mass is 16.5. The molecule has 9 nitrogen and oxygen atoms in total. The number of hydrogen-bond donors (Lipinski definition) is 5. The fraction of sp³-hybridized carbons (Fsp3) is 0.120. The Morgan fingerprint density at radius 2 is 1.59 bits per heavy atom. The van der Waals surface area contributed by atoms with Crippen molar-refractivity contribution < 1.29 is 24.2 Å². The Bertz CT molecular complexity index is 1190. The zero-order valence-electron chi connectivity index (χ0n) is 18.2. The Hall–Kier alpha value is -4.66. The van der Waals surface area contributed by atoms with Crippen LogP contribution < -0.4 is 21.1 Å². The molecule has 0 aromatic heterocycles. The van der Waals surface area contributed by atoms with Gasteiger partial charge in [0, 0.05) is 23.4 Å². The molecule has 0 atom stereocenters. The first-order valence-corrected chi connectivity index (χ1v) is 10.4. The Balaban J connectivity index is 1.79. The number of nitrogens with one attached hydrogen (secondary N) is 3. The number of ether oxygens (including phenoxy) is 1. The highest BCUT2D eigenvalue weighted by Gasteiger charge is 2.16. The SMILES string of the molecule is N=C(N)c1ccc(C(=O)Nc2ccc(OCc3ccccc3)c(C(=O)NCCC(=O)O)c2)cc1. The minimum absolute atomic E-state index is 0.0502. The van der Waals surface area contributed by atoms with Gasteiger partial charge in [-0.1, -0.05) is 42.5 Å². The van der Waals surface area contributed by atoms with E-state index in [0.717, 1.165) is 5.56 Å². The van der Waals surface area contributed by atoms with Crippen LogP contribution in [0.15, 0.2) is 72.8 Å². The van der Waals surface area contributed by atoms with Gasteiger partial charge in [-0.05, 0) is 35.9 Å². The maximum Gasteiger partial charge on any atom is 0.305 e. The van der Waals surface area contributed by atoms with E-state index in [-0.39, 0.29) is 31.0 Å². The fourth-order valence-electron chi connectivity index (χ4n) is 3.03. The van der Waals surface area contributed by atoms with E-state index in [0.29, 0.717) is 22.6 Å². The van der Waals surface area contributed by atoms with Gasteiger partial charge in [-0.3, -0.25) is 19.8 Å². The van der Waals surface area contributed by atoms with Crippen LogP contribution in [0.4, 0.5) is 5.69 Å². The highest BCUT2D eigenvalue weighted by molar-refractivity contribution is 6.06. The smallest absolute Gasteiger partial charge is 0.305 e. The summed E-state index contributed by atoms with van der Waals surface area (Å²) in [5.74, 6) is -1.77. The van der Waals surface area contributed by atoms with Crippen molar-refractivity contribution in [1.29, 1.82) is 5.41 Å². The molecule has 0 aliphatic rings. The minimum Gasteiger partial charge on any atom is -0.488 e. The number of carbonyl (C=O) groups is 3. The van der Waals surface area contributed by atoms with Gasteiger partial charge in [0.1, 0.15) is 18.2 Å². The number of carboxylic acid groups (broad SMARTS) is 1. The summed E-state index contributed by atoms with van der Waals surface area (Å²) in [6.45, 7) is 0.176. The summed E-state index contributed by atoms with van der Waals surface area (Å²) in [4.78, 5) is 36.1. The van der Waals surface area contributed by atoms with E-state index in [1.54, 1.807) is 36.4 Å². The predicted molar refractivity (Wildman–Crippen MR) is 127 cm³/mol. The standard InChI is InChI=1S/C25H24N4O5/c26-23(27)17-6-8-18(9-7-17)24(32)29-19-10-11-21(34-15-16-4-2-1-3-5-16)20(14-19)25(33)28-13-12-22(30)31/h1-11,14H,12-13,15H2,(H3,26,27)(H,28,33)(H,29,32)(H,30,31). The van der Waals surface area contributed by atoms with Crippen LogP contribution in [0.1, 0.15) is 38.3 Å². The summed E-state index contributed by atoms with van der Waals surface area (Å²) in [7, 11) is 0. The molecule has 0 radical (unpaired) electrons. The van der Waals surface area contributed by atoms with Crippen molar-refractivity contribution in [2.45, 2.75) is 13.0 Å². The van der Waals surface area contributed by atoms with E-state index in [2.05, 4.69) is 10.6 Å². The monoisotopic (exact) mass is 460 g/mol. The second kappa shape index (κ2) is 11.3. The number of aliphatic carboxylic acids is 1. The molecule has 2 amide bonds. The van der Waals surface area contributed by atoms with Crippen molar-refractivity contribution in [2.75, 3.05) is 11.9 Å². The van der Waals surface area contributed by atoms with Gasteiger partial charge in [0.2, 0.25) is 0 Å². The molecular formula is C25H24N4O5. The third kappa shape index (κ3) is 6.67. The second-order valence-electron chi connectivity index (χ2n) is 7.33. The predicted octanol–water partition coefficient (Wildman–Crippen LogP) is 3.01. The third-order valence-electron chi connectivity index (χ3n) is 4.80. The summed E-state index contributed by atoms with van der Waals surface area (Å²) >= 11 is 0. The lowest BCUT2D eigenvalue weighted by molar-refractivity contribution is -0.136. The normalized spacial score (nSPS) is 10.2. The van der Waals surface area contributed by atoms with Crippen molar-refractivity contribution in [3.63, 3.8) is 0 Å². The fourth-order valence-corrected chi connectivity index (χ4v) is 3.03. The number of nitrogen functional groups attached to an aromatic ring is 1. The molecule has 0 saturated carbocycles. The molecule has 3 rings (SSSR count). The molecule has 6 N–H and O–H groups in total. The number of benzene rings is 3. The van der Waals surface area contributed by atoms with E-state index >= 15 is 0 Å². The number of rotatable bonds is 10. The van der Waals surface area contributed by atoms with Crippen LogP contribution in [0.2, 0.25) is 0 Å². The van der Waals surface area contributed by atoms with Crippen LogP contribution >= 0.6 is 0 Å². The van der Waals surface area contributed by atoms with Crippen LogP contribution in [0, 0.1) is 5.41 Å². The lowest BCUT2D eigenvalue weighted by Gasteiger charge is -2.14. The molecule has 0 fully saturated rings. The number of anilines is 1. The van der Waals surface area contributed by atoms with Gasteiger partial charge in [0.05, 0.1) is 12.0 Å². The third-order valence-corrected chi connectivity index (χ3v) is 4.80. The Kier molecular flexibility index (Phi) is 7.96. The average Bonchev–Trinajstić information content (AvgIpc) is 2.83. The van der Waals surface area contributed by atoms with Crippen molar-refractivity contribution in [2.24, 2.45) is 5.73 Å². The van der Waals surface area contributed by atoms with Gasteiger partial charge in [0.15, 0.2) is 0 Å². The number of nitrogens with two attached hydrogens (primary N) is 1. The van der Waals surface area contributed by atoms with E-state index in [1.807, 2.05) is 30.3 Å². The number of carboxylic acids is 1. The van der Waals surface area contributed by atoms with Gasteiger partial charge in [0.25, 0.3) is 11.8 Å². The zero-order chi connectivity index (χ0) is 24.5. The molecule has 0 bridgehead atoms. The highest BCUT2D eigenvalue weighted by Crippen LogP contribution is 2.25. The van der Waals surface area contributed by atoms with Crippen molar-refractivity contribution in [1.82, 2.24) is 5.32 Å². The molecule has 0 saturated heterocycles. The van der Waals surface area contributed by atoms with Crippen LogP contribution in [-0.4, -0.2) is 35.3 Å². The second-order valence-corrected chi connectivity index (χ2v) is 7.33. The summed E-state index contributed by atoms with van der Waals surface area (Å²) in [5, 5.41) is 21.5. The van der Waals surface area contributed by atoms with Crippen molar-refractivity contribution in [3.8, 4) is 5.75 Å². The summed E-state index contributed by atoms with van der Waals surface area (Å²) < 4.78 is 5.83. The van der Waals surface area contributed by atoms with Crippen molar-refractivity contribution in [3.05, 3.63) is 95.1 Å². The van der Waals surface area contributed by atoms with Crippen LogP contribution in [0.5, 0.6) is 5.75 Å². The molecule has 0 heterocycles. The summed E-state index contributed by atoms with van der Waals surface area (Å²) in [6, 6.07) is 20.3. The first-order valence-electron chi connectivity index (χ1n) is 10.4. The van der Waals surface area contributed by atoms with Gasteiger partial charge >= 0.3 is 5.97 Å². The summed E-state index contributed by atoms with van der Waals surface area (Å²) in [5.41, 5.74) is 7.71. The minimum atomic E-state index is -1.03. The zero-order valence-corrected chi connectivity index (χ0v) is 18.2. The van der Waals surface area contributed by atoms with Crippen LogP contribution in [-0.2, 0) is 11.4 Å². The van der Waals surface area contributed by atoms with Crippen molar-refractivity contribution >= 4 is 29.3 Å². The van der Waals surface area contributed by atoms with Gasteiger partial charge in [-0.15, -0.1) is 0 Å². The van der Waals surface area contributed by atoms with E-state index in [9.17, 15) is 14.4 Å². The molecule has 3 aromatic carbocycles. The topological polar surface area (TPSA) is 155 Å². The average molecular weight is 460 g/mol. The number of hydrogen-bond acceptors (Lipinski definition) is 5. The lowest BCUT2D eigenvalue weighted by atomic mass is 10.1. The molecular weight excluding hydrogens is 436 g/mol. The molecule has 0 spiro atoms. The molecule has 0 aliphatic carbocycles. The van der Waals surface area contributed by atoms with E-state index in [4.69, 9.17) is 21.0 Å². The van der Waals surface area contributed by atoms with E-state index in [1.165, 1.54) is 6.07 Å². The molecule has 34 heavy (non-hydrogen) atoms. The molecule has 0 aliphatic heterocycles. The van der Waals surface area contributed by atoms with Gasteiger partial charge < -0.3 is 26.2 Å². The van der Waals surface area contributed by atoms with Gasteiger partial charge in [-0.25, -0.2) is 0 Å². The maximum absolute atomic E-state index is 12.7.